The Morgan fingerprint density at radius 3 is 2.67 bits per heavy atom. The first-order valence-corrected chi connectivity index (χ1v) is 6.75. The molecule has 0 fully saturated rings. The van der Waals surface area contributed by atoms with E-state index in [-0.39, 0.29) is 17.8 Å². The van der Waals surface area contributed by atoms with E-state index in [9.17, 15) is 14.7 Å². The van der Waals surface area contributed by atoms with Crippen LogP contribution >= 0.6 is 0 Å². The minimum absolute atomic E-state index is 0.206. The Kier molecular flexibility index (Phi) is 3.39. The zero-order chi connectivity index (χ0) is 15.0. The third kappa shape index (κ3) is 2.38. The maximum atomic E-state index is 12.3. The molecule has 1 aliphatic heterocycles. The normalized spacial score (nSPS) is 16.8. The Labute approximate surface area is 120 Å². The van der Waals surface area contributed by atoms with Crippen LogP contribution in [0.1, 0.15) is 23.8 Å². The molecular weight excluding hydrogens is 272 g/mol. The van der Waals surface area contributed by atoms with Crippen molar-refractivity contribution in [3.8, 4) is 5.75 Å². The summed E-state index contributed by atoms with van der Waals surface area (Å²) < 4.78 is 7.73. The number of hydrogen-bond acceptors (Lipinski definition) is 4. The predicted molar refractivity (Wildman–Crippen MR) is 76.6 cm³/mol. The van der Waals surface area contributed by atoms with E-state index in [2.05, 4.69) is 0 Å². The zero-order valence-electron chi connectivity index (χ0n) is 11.7. The third-order valence-electron chi connectivity index (χ3n) is 3.78. The van der Waals surface area contributed by atoms with Crippen LogP contribution in [0.15, 0.2) is 39.9 Å². The topological polar surface area (TPSA) is 73.5 Å². The molecule has 1 unspecified atom stereocenters. The van der Waals surface area contributed by atoms with Gasteiger partial charge in [-0.2, -0.15) is 0 Å². The van der Waals surface area contributed by atoms with E-state index in [1.165, 1.54) is 15.2 Å². The quantitative estimate of drug-likeness (QED) is 0.893. The fraction of sp³-hybridized carbons (Fsp3) is 0.333. The molecule has 3 rings (SSSR count). The molecule has 21 heavy (non-hydrogen) atoms. The number of benzene rings is 1. The highest BCUT2D eigenvalue weighted by Gasteiger charge is 2.23. The van der Waals surface area contributed by atoms with Crippen molar-refractivity contribution < 1.29 is 9.84 Å². The van der Waals surface area contributed by atoms with Gasteiger partial charge in [0, 0.05) is 12.6 Å². The molecule has 1 aliphatic rings. The maximum absolute atomic E-state index is 12.3. The van der Waals surface area contributed by atoms with Crippen LogP contribution in [0.25, 0.3) is 0 Å². The number of ether oxygens (including phenoxy) is 1. The molecule has 0 aliphatic carbocycles. The van der Waals surface area contributed by atoms with Gasteiger partial charge in [0.1, 0.15) is 5.75 Å². The monoisotopic (exact) mass is 288 g/mol. The summed E-state index contributed by atoms with van der Waals surface area (Å²) in [4.78, 5) is 24.4. The van der Waals surface area contributed by atoms with Gasteiger partial charge in [-0.05, 0) is 24.1 Å². The molecule has 0 radical (unpaired) electrons. The van der Waals surface area contributed by atoms with Crippen molar-refractivity contribution in [2.75, 3.05) is 7.11 Å². The van der Waals surface area contributed by atoms with Gasteiger partial charge in [-0.15, -0.1) is 0 Å². The Bertz CT molecular complexity index is 774. The molecule has 0 saturated carbocycles. The molecule has 0 saturated heterocycles. The van der Waals surface area contributed by atoms with E-state index in [1.807, 2.05) is 12.1 Å². The second kappa shape index (κ2) is 5.21. The molecule has 2 heterocycles. The Balaban J connectivity index is 1.99. The lowest BCUT2D eigenvalue weighted by Crippen LogP contribution is -2.39. The molecule has 2 aromatic rings. The molecule has 110 valence electrons. The Morgan fingerprint density at radius 2 is 2.00 bits per heavy atom. The molecule has 0 amide bonds. The number of rotatable bonds is 3. The first-order chi connectivity index (χ1) is 10.1. The van der Waals surface area contributed by atoms with Gasteiger partial charge < -0.3 is 9.84 Å². The molecule has 1 N–H and O–H groups in total. The Morgan fingerprint density at radius 1 is 1.29 bits per heavy atom. The van der Waals surface area contributed by atoms with Gasteiger partial charge in [0.05, 0.1) is 25.5 Å². The Hall–Kier alpha value is -2.34. The number of fused-ring (bicyclic) bond motifs is 1. The van der Waals surface area contributed by atoms with Crippen LogP contribution in [0.3, 0.4) is 0 Å². The van der Waals surface area contributed by atoms with Crippen molar-refractivity contribution in [3.05, 3.63) is 62.4 Å². The molecule has 1 atom stereocenters. The molecule has 1 aromatic heterocycles. The second-order valence-electron chi connectivity index (χ2n) is 5.08. The number of methoxy groups -OCH3 is 1. The lowest BCUT2D eigenvalue weighted by molar-refractivity contribution is 0.179. The van der Waals surface area contributed by atoms with Crippen molar-refractivity contribution in [3.63, 3.8) is 0 Å². The van der Waals surface area contributed by atoms with Gasteiger partial charge in [-0.25, -0.2) is 4.79 Å². The van der Waals surface area contributed by atoms with Crippen molar-refractivity contribution in [2.24, 2.45) is 0 Å². The summed E-state index contributed by atoms with van der Waals surface area (Å²) in [5, 5.41) is 9.75. The van der Waals surface area contributed by atoms with Crippen molar-refractivity contribution in [1.82, 2.24) is 9.13 Å². The standard InChI is InChI=1S/C15H16N2O4/c1-21-11-4-2-10(3-5-11)9-17-14(19)8-12-13(18)6-7-16(12)15(17)20/h2-5,8,13,18H,6-7,9H2,1H3. The number of hydrogen-bond donors (Lipinski definition) is 1. The van der Waals surface area contributed by atoms with Gasteiger partial charge in [-0.3, -0.25) is 13.9 Å². The number of aliphatic hydroxyl groups is 1. The summed E-state index contributed by atoms with van der Waals surface area (Å²) in [6, 6.07) is 8.56. The summed E-state index contributed by atoms with van der Waals surface area (Å²) in [5.41, 5.74) is 0.498. The van der Waals surface area contributed by atoms with E-state index >= 15 is 0 Å². The molecule has 0 bridgehead atoms. The molecular formula is C15H16N2O4. The fourth-order valence-corrected chi connectivity index (χ4v) is 2.59. The molecule has 6 heteroatoms. The highest BCUT2D eigenvalue weighted by molar-refractivity contribution is 5.27. The van der Waals surface area contributed by atoms with Crippen LogP contribution < -0.4 is 16.0 Å². The summed E-state index contributed by atoms with van der Waals surface area (Å²) in [6.07, 6.45) is -0.248. The minimum atomic E-state index is -0.721. The van der Waals surface area contributed by atoms with Crippen molar-refractivity contribution >= 4 is 0 Å². The SMILES string of the molecule is COc1ccc(Cn2c(=O)cc3n(c2=O)CCC3O)cc1. The largest absolute Gasteiger partial charge is 0.497 e. The molecule has 6 nitrogen and oxygen atoms in total. The van der Waals surface area contributed by atoms with Gasteiger partial charge in [0.2, 0.25) is 0 Å². The highest BCUT2D eigenvalue weighted by Crippen LogP contribution is 2.21. The minimum Gasteiger partial charge on any atom is -0.497 e. The van der Waals surface area contributed by atoms with Crippen molar-refractivity contribution in [2.45, 2.75) is 25.6 Å². The van der Waals surface area contributed by atoms with E-state index < -0.39 is 6.10 Å². The van der Waals surface area contributed by atoms with Crippen molar-refractivity contribution in [1.29, 1.82) is 0 Å². The van der Waals surface area contributed by atoms with Crippen LogP contribution in [0.4, 0.5) is 0 Å². The van der Waals surface area contributed by atoms with Crippen LogP contribution in [-0.4, -0.2) is 21.4 Å². The summed E-state index contributed by atoms with van der Waals surface area (Å²) >= 11 is 0. The van der Waals surface area contributed by atoms with E-state index in [0.717, 1.165) is 11.3 Å². The second-order valence-corrected chi connectivity index (χ2v) is 5.08. The molecule has 0 spiro atoms. The lowest BCUT2D eigenvalue weighted by Gasteiger charge is -2.10. The summed E-state index contributed by atoms with van der Waals surface area (Å²) in [5.74, 6) is 0.722. The van der Waals surface area contributed by atoms with Gasteiger partial charge in [-0.1, -0.05) is 12.1 Å². The summed E-state index contributed by atoms with van der Waals surface area (Å²) in [6.45, 7) is 0.649. The average Bonchev–Trinajstić information content (AvgIpc) is 2.86. The predicted octanol–water partition coefficient (Wildman–Crippen LogP) is 0.504. The number of nitrogens with zero attached hydrogens (tertiary/aromatic N) is 2. The number of aromatic nitrogens is 2. The lowest BCUT2D eigenvalue weighted by atomic mass is 10.2. The van der Waals surface area contributed by atoms with E-state index in [4.69, 9.17) is 4.74 Å². The van der Waals surface area contributed by atoms with Gasteiger partial charge in [0.25, 0.3) is 5.56 Å². The molecule has 1 aromatic carbocycles. The average molecular weight is 288 g/mol. The van der Waals surface area contributed by atoms with Crippen LogP contribution in [0, 0.1) is 0 Å². The smallest absolute Gasteiger partial charge is 0.331 e. The van der Waals surface area contributed by atoms with E-state index in [0.29, 0.717) is 18.7 Å². The highest BCUT2D eigenvalue weighted by atomic mass is 16.5. The van der Waals surface area contributed by atoms with Gasteiger partial charge in [0.15, 0.2) is 0 Å². The summed E-state index contributed by atoms with van der Waals surface area (Å²) in [7, 11) is 1.58. The third-order valence-corrected chi connectivity index (χ3v) is 3.78. The van der Waals surface area contributed by atoms with Gasteiger partial charge >= 0.3 is 5.69 Å². The zero-order valence-corrected chi connectivity index (χ0v) is 11.7. The first kappa shape index (κ1) is 13.6. The fourth-order valence-electron chi connectivity index (χ4n) is 2.59. The maximum Gasteiger partial charge on any atom is 0.331 e. The van der Waals surface area contributed by atoms with Crippen LogP contribution in [-0.2, 0) is 13.1 Å². The first-order valence-electron chi connectivity index (χ1n) is 6.75. The van der Waals surface area contributed by atoms with Crippen LogP contribution in [0.2, 0.25) is 0 Å². The number of aliphatic hydroxyl groups excluding tert-OH is 1. The van der Waals surface area contributed by atoms with Crippen LogP contribution in [0.5, 0.6) is 5.75 Å². The van der Waals surface area contributed by atoms with E-state index in [1.54, 1.807) is 19.2 Å².